The third-order valence-electron chi connectivity index (χ3n) is 1.31. The van der Waals surface area contributed by atoms with Gasteiger partial charge < -0.3 is 0 Å². The van der Waals surface area contributed by atoms with Gasteiger partial charge in [0.05, 0.1) is 0 Å². The highest BCUT2D eigenvalue weighted by atomic mass is 15.6. The minimum atomic E-state index is 0.0115. The molecular formula is C8H15N3. The topological polar surface area (TPSA) is 18.8 Å². The lowest BCUT2D eigenvalue weighted by molar-refractivity contribution is 0.130. The first kappa shape index (κ1) is 9.99. The monoisotopic (exact) mass is 153 g/mol. The summed E-state index contributed by atoms with van der Waals surface area (Å²) in [4.78, 5) is 3.75. The largest absolute Gasteiger partial charge is 0.285 e. The van der Waals surface area contributed by atoms with Crippen LogP contribution in [-0.2, 0) is 0 Å². The van der Waals surface area contributed by atoms with Gasteiger partial charge >= 0.3 is 0 Å². The highest BCUT2D eigenvalue weighted by molar-refractivity contribution is 5.26. The van der Waals surface area contributed by atoms with E-state index in [-0.39, 0.29) is 6.04 Å². The molecule has 11 heavy (non-hydrogen) atoms. The molecule has 0 aromatic rings. The molecule has 0 aliphatic carbocycles. The van der Waals surface area contributed by atoms with Gasteiger partial charge in [-0.2, -0.15) is 0 Å². The van der Waals surface area contributed by atoms with E-state index in [0.717, 1.165) is 0 Å². The molecule has 0 aromatic heterocycles. The molecule has 0 N–H and O–H groups in total. The lowest BCUT2D eigenvalue weighted by atomic mass is 10.4. The van der Waals surface area contributed by atoms with E-state index in [2.05, 4.69) is 23.7 Å². The zero-order valence-electron chi connectivity index (χ0n) is 7.63. The number of aliphatic imine (C=N–C) groups is 1. The van der Waals surface area contributed by atoms with Crippen molar-refractivity contribution in [2.75, 3.05) is 21.1 Å². The van der Waals surface area contributed by atoms with Gasteiger partial charge in [-0.05, 0) is 13.6 Å². The zero-order chi connectivity index (χ0) is 8.85. The number of nitrogens with zero attached hydrogens (tertiary/aromatic N) is 3. The van der Waals surface area contributed by atoms with Crippen molar-refractivity contribution in [3.63, 3.8) is 0 Å². The summed E-state index contributed by atoms with van der Waals surface area (Å²) in [6.07, 6.45) is 0. The Kier molecular flexibility index (Phi) is 4.32. The maximum atomic E-state index is 3.75. The van der Waals surface area contributed by atoms with Crippen molar-refractivity contribution in [3.05, 3.63) is 0 Å². The zero-order valence-corrected chi connectivity index (χ0v) is 7.63. The van der Waals surface area contributed by atoms with Crippen LogP contribution in [-0.4, -0.2) is 43.9 Å². The molecule has 0 aromatic carbocycles. The number of hydrazine groups is 1. The standard InChI is InChI=1S/C8H15N3/c1-8(9-2)6-7-11(5)10(3)4/h8H,2H2,1,3-5H3. The van der Waals surface area contributed by atoms with Gasteiger partial charge in [-0.25, -0.2) is 5.01 Å². The van der Waals surface area contributed by atoms with E-state index in [9.17, 15) is 0 Å². The molecule has 3 nitrogen and oxygen atoms in total. The maximum Gasteiger partial charge on any atom is 0.109 e. The van der Waals surface area contributed by atoms with E-state index < -0.39 is 0 Å². The van der Waals surface area contributed by atoms with Gasteiger partial charge in [0.15, 0.2) is 0 Å². The van der Waals surface area contributed by atoms with Crippen molar-refractivity contribution in [2.45, 2.75) is 13.0 Å². The number of hydrogen-bond acceptors (Lipinski definition) is 3. The normalized spacial score (nSPS) is 11.7. The van der Waals surface area contributed by atoms with Crippen molar-refractivity contribution in [3.8, 4) is 12.0 Å². The molecule has 0 saturated carbocycles. The molecule has 0 bridgehead atoms. The van der Waals surface area contributed by atoms with Gasteiger partial charge in [-0.15, -0.1) is 0 Å². The molecule has 3 heteroatoms. The highest BCUT2D eigenvalue weighted by Gasteiger charge is 1.92. The Hall–Kier alpha value is -1.01. The molecule has 62 valence electrons. The Bertz CT molecular complexity index is 176. The van der Waals surface area contributed by atoms with E-state index in [1.807, 2.05) is 33.1 Å². The Morgan fingerprint density at radius 3 is 2.27 bits per heavy atom. The Balaban J connectivity index is 3.95. The molecule has 0 amide bonds. The molecule has 0 heterocycles. The maximum absolute atomic E-state index is 3.75. The van der Waals surface area contributed by atoms with Crippen LogP contribution in [0, 0.1) is 12.0 Å². The van der Waals surface area contributed by atoms with Crippen LogP contribution in [0.5, 0.6) is 0 Å². The predicted molar refractivity (Wildman–Crippen MR) is 48.2 cm³/mol. The third kappa shape index (κ3) is 4.40. The summed E-state index contributed by atoms with van der Waals surface area (Å²) in [7, 11) is 5.75. The second kappa shape index (κ2) is 4.75. The van der Waals surface area contributed by atoms with E-state index >= 15 is 0 Å². The molecule has 1 atom stereocenters. The van der Waals surface area contributed by atoms with Gasteiger partial charge in [0.2, 0.25) is 0 Å². The second-order valence-electron chi connectivity index (χ2n) is 2.49. The van der Waals surface area contributed by atoms with Crippen LogP contribution >= 0.6 is 0 Å². The smallest absolute Gasteiger partial charge is 0.109 e. The lowest BCUT2D eigenvalue weighted by Crippen LogP contribution is -2.28. The van der Waals surface area contributed by atoms with Gasteiger partial charge in [-0.1, -0.05) is 5.92 Å². The molecule has 0 spiro atoms. The number of hydrogen-bond donors (Lipinski definition) is 0. The van der Waals surface area contributed by atoms with Crippen LogP contribution in [0.2, 0.25) is 0 Å². The quantitative estimate of drug-likeness (QED) is 0.248. The van der Waals surface area contributed by atoms with Crippen molar-refractivity contribution < 1.29 is 0 Å². The van der Waals surface area contributed by atoms with Gasteiger partial charge in [0.1, 0.15) is 6.04 Å². The van der Waals surface area contributed by atoms with Crippen LogP contribution in [0.3, 0.4) is 0 Å². The van der Waals surface area contributed by atoms with Gasteiger partial charge in [0.25, 0.3) is 0 Å². The third-order valence-corrected chi connectivity index (χ3v) is 1.31. The van der Waals surface area contributed by atoms with Crippen molar-refractivity contribution in [2.24, 2.45) is 4.99 Å². The summed E-state index contributed by atoms with van der Waals surface area (Å²) in [6.45, 7) is 5.31. The minimum absolute atomic E-state index is 0.0115. The fourth-order valence-electron chi connectivity index (χ4n) is 0.332. The van der Waals surface area contributed by atoms with E-state index in [1.54, 1.807) is 5.01 Å². The molecule has 0 aliphatic rings. The fourth-order valence-corrected chi connectivity index (χ4v) is 0.332. The van der Waals surface area contributed by atoms with Gasteiger partial charge in [-0.3, -0.25) is 10.0 Å². The van der Waals surface area contributed by atoms with Crippen LogP contribution in [0.4, 0.5) is 0 Å². The molecular weight excluding hydrogens is 138 g/mol. The minimum Gasteiger partial charge on any atom is -0.285 e. The SMILES string of the molecule is C=NC(C)C#CN(C)N(C)C. The molecule has 0 rings (SSSR count). The number of rotatable bonds is 2. The van der Waals surface area contributed by atoms with Crippen LogP contribution in [0.1, 0.15) is 6.92 Å². The summed E-state index contributed by atoms with van der Waals surface area (Å²) >= 11 is 0. The van der Waals surface area contributed by atoms with Crippen LogP contribution in [0.15, 0.2) is 4.99 Å². The van der Waals surface area contributed by atoms with E-state index in [0.29, 0.717) is 0 Å². The van der Waals surface area contributed by atoms with Gasteiger partial charge in [0, 0.05) is 27.2 Å². The van der Waals surface area contributed by atoms with Crippen molar-refractivity contribution in [1.82, 2.24) is 10.0 Å². The summed E-state index contributed by atoms with van der Waals surface area (Å²) in [5.41, 5.74) is 0. The molecule has 0 radical (unpaired) electrons. The van der Waals surface area contributed by atoms with Crippen molar-refractivity contribution in [1.29, 1.82) is 0 Å². The second-order valence-corrected chi connectivity index (χ2v) is 2.49. The first-order chi connectivity index (χ1) is 5.07. The summed E-state index contributed by atoms with van der Waals surface area (Å²) in [5.74, 6) is 2.92. The lowest BCUT2D eigenvalue weighted by Gasteiger charge is -2.18. The molecule has 0 aliphatic heterocycles. The molecule has 0 fully saturated rings. The highest BCUT2D eigenvalue weighted by Crippen LogP contribution is 1.85. The predicted octanol–water partition coefficient (Wildman–Crippen LogP) is 0.445. The summed E-state index contributed by atoms with van der Waals surface area (Å²) < 4.78 is 0. The Morgan fingerprint density at radius 1 is 1.36 bits per heavy atom. The Labute approximate surface area is 68.7 Å². The van der Waals surface area contributed by atoms with Crippen LogP contribution < -0.4 is 0 Å². The average Bonchev–Trinajstić information content (AvgIpc) is 1.99. The van der Waals surface area contributed by atoms with E-state index in [1.165, 1.54) is 0 Å². The summed E-state index contributed by atoms with van der Waals surface area (Å²) in [5, 5.41) is 3.69. The van der Waals surface area contributed by atoms with Crippen LogP contribution in [0.25, 0.3) is 0 Å². The average molecular weight is 153 g/mol. The Morgan fingerprint density at radius 2 is 1.91 bits per heavy atom. The summed E-state index contributed by atoms with van der Waals surface area (Å²) in [6, 6.07) is 2.92. The first-order valence-electron chi connectivity index (χ1n) is 3.46. The fraction of sp³-hybridized carbons (Fsp3) is 0.625. The van der Waals surface area contributed by atoms with E-state index in [4.69, 9.17) is 0 Å². The van der Waals surface area contributed by atoms with Crippen molar-refractivity contribution >= 4 is 6.72 Å². The molecule has 1 unspecified atom stereocenters. The first-order valence-corrected chi connectivity index (χ1v) is 3.46. The molecule has 0 saturated heterocycles.